The summed E-state index contributed by atoms with van der Waals surface area (Å²) >= 11 is 7.09. The Labute approximate surface area is 120 Å². The van der Waals surface area contributed by atoms with E-state index in [-0.39, 0.29) is 11.3 Å². The van der Waals surface area contributed by atoms with Crippen molar-refractivity contribution in [3.63, 3.8) is 0 Å². The normalized spacial score (nSPS) is 23.1. The number of anilines is 1. The van der Waals surface area contributed by atoms with Gasteiger partial charge >= 0.3 is 5.97 Å². The van der Waals surface area contributed by atoms with E-state index in [2.05, 4.69) is 15.0 Å². The van der Waals surface area contributed by atoms with Gasteiger partial charge < -0.3 is 15.2 Å². The van der Waals surface area contributed by atoms with E-state index in [1.807, 2.05) is 0 Å². The second-order valence-corrected chi connectivity index (χ2v) is 6.04. The fourth-order valence-electron chi connectivity index (χ4n) is 2.18. The quantitative estimate of drug-likeness (QED) is 0.837. The van der Waals surface area contributed by atoms with E-state index in [1.54, 1.807) is 0 Å². The number of carbonyl (C=O) groups is 1. The lowest BCUT2D eigenvalue weighted by Gasteiger charge is -2.25. The molecule has 2 rings (SSSR count). The van der Waals surface area contributed by atoms with Crippen molar-refractivity contribution in [1.29, 1.82) is 0 Å². The minimum absolute atomic E-state index is 0.142. The second-order valence-electron chi connectivity index (χ2n) is 4.69. The predicted molar refractivity (Wildman–Crippen MR) is 74.9 cm³/mol. The highest BCUT2D eigenvalue weighted by atomic mass is 35.5. The number of esters is 1. The third kappa shape index (κ3) is 3.81. The van der Waals surface area contributed by atoms with E-state index in [1.165, 1.54) is 18.4 Å². The highest BCUT2D eigenvalue weighted by Gasteiger charge is 2.21. The molecule has 106 valence electrons. The van der Waals surface area contributed by atoms with Crippen molar-refractivity contribution < 1.29 is 14.6 Å². The van der Waals surface area contributed by atoms with E-state index in [4.69, 9.17) is 11.6 Å². The average molecular weight is 305 g/mol. The first-order valence-corrected chi connectivity index (χ1v) is 7.46. The van der Waals surface area contributed by atoms with Crippen LogP contribution in [0, 0.1) is 5.92 Å². The zero-order valence-electron chi connectivity index (χ0n) is 10.7. The van der Waals surface area contributed by atoms with Gasteiger partial charge in [0, 0.05) is 6.54 Å². The summed E-state index contributed by atoms with van der Waals surface area (Å²) in [6, 6.07) is 0. The third-order valence-corrected chi connectivity index (χ3v) is 4.69. The number of methoxy groups -OCH3 is 1. The molecule has 19 heavy (non-hydrogen) atoms. The molecule has 1 aromatic rings. The molecule has 1 aliphatic rings. The van der Waals surface area contributed by atoms with Gasteiger partial charge in [0.25, 0.3) is 0 Å². The molecule has 1 aromatic heterocycles. The maximum Gasteiger partial charge on any atom is 0.351 e. The summed E-state index contributed by atoms with van der Waals surface area (Å²) in [6.07, 6.45) is 3.60. The summed E-state index contributed by atoms with van der Waals surface area (Å²) in [5, 5.41) is 13.5. The van der Waals surface area contributed by atoms with Crippen molar-refractivity contribution in [2.75, 3.05) is 19.0 Å². The molecule has 1 heterocycles. The van der Waals surface area contributed by atoms with E-state index < -0.39 is 5.97 Å². The van der Waals surface area contributed by atoms with Gasteiger partial charge in [-0.1, -0.05) is 22.9 Å². The molecule has 2 N–H and O–H groups in total. The van der Waals surface area contributed by atoms with Crippen LogP contribution in [0.5, 0.6) is 0 Å². The molecule has 0 amide bonds. The van der Waals surface area contributed by atoms with Crippen LogP contribution in [-0.2, 0) is 4.74 Å². The van der Waals surface area contributed by atoms with Gasteiger partial charge in [-0.05, 0) is 31.6 Å². The van der Waals surface area contributed by atoms with Crippen LogP contribution in [0.3, 0.4) is 0 Å². The minimum Gasteiger partial charge on any atom is -0.465 e. The van der Waals surface area contributed by atoms with Gasteiger partial charge in [-0.25, -0.2) is 9.78 Å². The maximum absolute atomic E-state index is 11.4. The summed E-state index contributed by atoms with van der Waals surface area (Å²) in [4.78, 5) is 15.8. The SMILES string of the molecule is COC(=O)c1sc(NCC2CCC(O)CC2)nc1Cl. The van der Waals surface area contributed by atoms with E-state index >= 15 is 0 Å². The molecule has 0 unspecified atom stereocenters. The summed E-state index contributed by atoms with van der Waals surface area (Å²) < 4.78 is 4.63. The molecule has 0 saturated heterocycles. The number of aliphatic hydroxyl groups excluding tert-OH is 1. The Morgan fingerprint density at radius 2 is 2.21 bits per heavy atom. The molecule has 1 fully saturated rings. The topological polar surface area (TPSA) is 71.5 Å². The number of aromatic nitrogens is 1. The molecule has 0 aromatic carbocycles. The van der Waals surface area contributed by atoms with Crippen LogP contribution in [0.25, 0.3) is 0 Å². The lowest BCUT2D eigenvalue weighted by molar-refractivity contribution is 0.0606. The van der Waals surface area contributed by atoms with Gasteiger partial charge in [0.15, 0.2) is 15.2 Å². The average Bonchev–Trinajstić information content (AvgIpc) is 2.78. The van der Waals surface area contributed by atoms with Gasteiger partial charge in [-0.2, -0.15) is 0 Å². The van der Waals surface area contributed by atoms with Gasteiger partial charge in [0.2, 0.25) is 0 Å². The van der Waals surface area contributed by atoms with Gasteiger partial charge in [0.1, 0.15) is 0 Å². The number of nitrogens with one attached hydrogen (secondary N) is 1. The molecule has 0 atom stereocenters. The van der Waals surface area contributed by atoms with Crippen LogP contribution in [-0.4, -0.2) is 35.8 Å². The summed E-state index contributed by atoms with van der Waals surface area (Å²) in [7, 11) is 1.32. The van der Waals surface area contributed by atoms with Crippen molar-refractivity contribution in [1.82, 2.24) is 4.98 Å². The molecular formula is C12H17ClN2O3S. The number of nitrogens with zero attached hydrogens (tertiary/aromatic N) is 1. The van der Waals surface area contributed by atoms with Gasteiger partial charge in [0.05, 0.1) is 13.2 Å². The highest BCUT2D eigenvalue weighted by molar-refractivity contribution is 7.18. The van der Waals surface area contributed by atoms with Crippen molar-refractivity contribution >= 4 is 34.0 Å². The molecule has 0 aliphatic heterocycles. The number of ether oxygens (including phenoxy) is 1. The van der Waals surface area contributed by atoms with E-state index in [9.17, 15) is 9.90 Å². The van der Waals surface area contributed by atoms with Crippen LogP contribution < -0.4 is 5.32 Å². The van der Waals surface area contributed by atoms with Crippen molar-refractivity contribution in [2.45, 2.75) is 31.8 Å². The van der Waals surface area contributed by atoms with Gasteiger partial charge in [-0.3, -0.25) is 0 Å². The molecule has 1 aliphatic carbocycles. The van der Waals surface area contributed by atoms with Crippen LogP contribution in [0.2, 0.25) is 5.15 Å². The predicted octanol–water partition coefficient (Wildman–Crippen LogP) is 2.55. The largest absolute Gasteiger partial charge is 0.465 e. The fourth-order valence-corrected chi connectivity index (χ4v) is 3.29. The Morgan fingerprint density at radius 1 is 1.53 bits per heavy atom. The standard InChI is InChI=1S/C12H17ClN2O3S/c1-18-11(17)9-10(13)15-12(19-9)14-6-7-2-4-8(16)5-3-7/h7-8,16H,2-6H2,1H3,(H,14,15). The monoisotopic (exact) mass is 304 g/mol. The third-order valence-electron chi connectivity index (χ3n) is 3.31. The zero-order chi connectivity index (χ0) is 13.8. The van der Waals surface area contributed by atoms with E-state index in [0.717, 1.165) is 32.2 Å². The van der Waals surface area contributed by atoms with Gasteiger partial charge in [-0.15, -0.1) is 0 Å². The number of halogens is 1. The first-order chi connectivity index (χ1) is 9.10. The summed E-state index contributed by atoms with van der Waals surface area (Å²) in [5.41, 5.74) is 0. The molecule has 5 nitrogen and oxygen atoms in total. The number of aliphatic hydroxyl groups is 1. The first kappa shape index (κ1) is 14.6. The number of thiazole rings is 1. The Balaban J connectivity index is 1.88. The molecule has 7 heteroatoms. The number of carbonyl (C=O) groups excluding carboxylic acids is 1. The number of rotatable bonds is 4. The maximum atomic E-state index is 11.4. The Hall–Kier alpha value is -0.850. The lowest BCUT2D eigenvalue weighted by atomic mass is 9.87. The van der Waals surface area contributed by atoms with Crippen molar-refractivity contribution in [2.24, 2.45) is 5.92 Å². The van der Waals surface area contributed by atoms with Crippen molar-refractivity contribution in [3.05, 3.63) is 10.0 Å². The van der Waals surface area contributed by atoms with Crippen molar-refractivity contribution in [3.8, 4) is 0 Å². The minimum atomic E-state index is -0.462. The molecule has 0 radical (unpaired) electrons. The molecular weight excluding hydrogens is 288 g/mol. The Morgan fingerprint density at radius 3 is 2.84 bits per heavy atom. The Bertz CT molecular complexity index is 444. The first-order valence-electron chi connectivity index (χ1n) is 6.26. The smallest absolute Gasteiger partial charge is 0.351 e. The van der Waals surface area contributed by atoms with Crippen LogP contribution in [0.15, 0.2) is 0 Å². The lowest BCUT2D eigenvalue weighted by Crippen LogP contribution is -2.23. The Kier molecular flexibility index (Phi) is 5.01. The molecule has 0 spiro atoms. The summed E-state index contributed by atoms with van der Waals surface area (Å²) in [6.45, 7) is 0.789. The summed E-state index contributed by atoms with van der Waals surface area (Å²) in [5.74, 6) is 0.0731. The fraction of sp³-hybridized carbons (Fsp3) is 0.667. The van der Waals surface area contributed by atoms with Crippen LogP contribution in [0.1, 0.15) is 35.4 Å². The number of hydrogen-bond acceptors (Lipinski definition) is 6. The van der Waals surface area contributed by atoms with Crippen LogP contribution >= 0.6 is 22.9 Å². The second kappa shape index (κ2) is 6.54. The number of hydrogen-bond donors (Lipinski definition) is 2. The van der Waals surface area contributed by atoms with E-state index in [0.29, 0.717) is 15.9 Å². The highest BCUT2D eigenvalue weighted by Crippen LogP contribution is 2.29. The molecule has 0 bridgehead atoms. The zero-order valence-corrected chi connectivity index (χ0v) is 12.3. The van der Waals surface area contributed by atoms with Crippen LogP contribution in [0.4, 0.5) is 5.13 Å². The molecule has 1 saturated carbocycles.